The fourth-order valence-corrected chi connectivity index (χ4v) is 1.53. The van der Waals surface area contributed by atoms with Crippen LogP contribution in [0.15, 0.2) is 0 Å². The Kier molecular flexibility index (Phi) is 18.7. The summed E-state index contributed by atoms with van der Waals surface area (Å²) < 4.78 is 14.8. The van der Waals surface area contributed by atoms with Gasteiger partial charge in [0, 0.05) is 39.6 Å². The molecule has 0 aromatic heterocycles. The van der Waals surface area contributed by atoms with Crippen LogP contribution in [-0.4, -0.2) is 39.6 Å². The van der Waals surface area contributed by atoms with Gasteiger partial charge >= 0.3 is 42.2 Å². The molecule has 3 aliphatic rings. The monoisotopic (exact) mass is 514 g/mol. The second-order valence-corrected chi connectivity index (χ2v) is 14.5. The van der Waals surface area contributed by atoms with Crippen molar-refractivity contribution < 1.29 is 27.7 Å². The molecule has 3 heterocycles. The Bertz CT molecular complexity index is 115. The van der Waals surface area contributed by atoms with E-state index in [9.17, 15) is 0 Å². The van der Waals surface area contributed by atoms with Crippen molar-refractivity contribution in [2.75, 3.05) is 39.6 Å². The third-order valence-electron chi connectivity index (χ3n) is 2.48. The second kappa shape index (κ2) is 17.5. The first-order valence-corrected chi connectivity index (χ1v) is 15.5. The van der Waals surface area contributed by atoms with Crippen molar-refractivity contribution in [1.29, 1.82) is 0 Å². The van der Waals surface area contributed by atoms with E-state index in [4.69, 9.17) is 43.0 Å². The van der Waals surface area contributed by atoms with Gasteiger partial charge in [-0.25, -0.2) is 0 Å². The van der Waals surface area contributed by atoms with Crippen molar-refractivity contribution >= 4 is 28.8 Å². The van der Waals surface area contributed by atoms with Crippen LogP contribution in [0.1, 0.15) is 38.5 Å². The van der Waals surface area contributed by atoms with Crippen molar-refractivity contribution in [3.63, 3.8) is 0 Å². The summed E-state index contributed by atoms with van der Waals surface area (Å²) >= 11 is -1.92. The minimum absolute atomic E-state index is 1.00. The van der Waals surface area contributed by atoms with Crippen LogP contribution in [0.5, 0.6) is 0 Å². The standard InChI is InChI=1S/3C4H8O.3ClH.Ir/c3*1-2-4-5-3-1;;;;/h3*1-4H2;3*1H;/q;;;;;;+3/p-3. The summed E-state index contributed by atoms with van der Waals surface area (Å²) in [7, 11) is 14.9. The first-order valence-electron chi connectivity index (χ1n) is 6.61. The van der Waals surface area contributed by atoms with E-state index in [1.807, 2.05) is 0 Å². The first-order chi connectivity index (χ1) is 9.23. The molecule has 7 heteroatoms. The summed E-state index contributed by atoms with van der Waals surface area (Å²) in [5.41, 5.74) is 0. The third kappa shape index (κ3) is 21.8. The Morgan fingerprint density at radius 2 is 0.632 bits per heavy atom. The molecule has 0 amide bonds. The molecule has 0 bridgehead atoms. The fraction of sp³-hybridized carbons (Fsp3) is 1.00. The number of hydrogen-bond donors (Lipinski definition) is 0. The molecule has 0 aliphatic carbocycles. The number of rotatable bonds is 0. The Labute approximate surface area is 134 Å². The molecule has 0 atom stereocenters. The van der Waals surface area contributed by atoms with E-state index in [0.29, 0.717) is 0 Å². The molecule has 3 fully saturated rings. The Balaban J connectivity index is 0.000000229. The van der Waals surface area contributed by atoms with Crippen LogP contribution in [0.25, 0.3) is 0 Å². The van der Waals surface area contributed by atoms with E-state index in [1.54, 1.807) is 0 Å². The molecular formula is C12H24Cl3IrO3. The van der Waals surface area contributed by atoms with E-state index in [-0.39, 0.29) is 0 Å². The zero-order chi connectivity index (χ0) is 14.2. The molecule has 0 aromatic carbocycles. The van der Waals surface area contributed by atoms with Crippen LogP contribution in [-0.2, 0) is 27.7 Å². The van der Waals surface area contributed by atoms with E-state index >= 15 is 0 Å². The van der Waals surface area contributed by atoms with Crippen LogP contribution in [0.3, 0.4) is 0 Å². The minimum atomic E-state index is -1.92. The number of hydrogen-bond acceptors (Lipinski definition) is 3. The van der Waals surface area contributed by atoms with E-state index in [1.165, 1.54) is 38.5 Å². The molecule has 3 nitrogen and oxygen atoms in total. The predicted octanol–water partition coefficient (Wildman–Crippen LogP) is 4.46. The van der Waals surface area contributed by atoms with Crippen molar-refractivity contribution in [1.82, 2.24) is 0 Å². The van der Waals surface area contributed by atoms with E-state index in [2.05, 4.69) is 0 Å². The van der Waals surface area contributed by atoms with Gasteiger partial charge in [-0.3, -0.25) is 0 Å². The molecule has 120 valence electrons. The average molecular weight is 515 g/mol. The van der Waals surface area contributed by atoms with E-state index < -0.39 is 13.5 Å². The summed E-state index contributed by atoms with van der Waals surface area (Å²) in [5, 5.41) is 0. The summed E-state index contributed by atoms with van der Waals surface area (Å²) in [6.07, 6.45) is 7.67. The van der Waals surface area contributed by atoms with Gasteiger partial charge in [0.2, 0.25) is 0 Å². The van der Waals surface area contributed by atoms with Crippen LogP contribution >= 0.6 is 28.8 Å². The molecule has 3 rings (SSSR count). The van der Waals surface area contributed by atoms with Crippen LogP contribution in [0.4, 0.5) is 0 Å². The van der Waals surface area contributed by atoms with Gasteiger partial charge in [-0.15, -0.1) is 0 Å². The Morgan fingerprint density at radius 1 is 0.474 bits per heavy atom. The quantitative estimate of drug-likeness (QED) is 0.478. The molecule has 0 unspecified atom stereocenters. The van der Waals surface area contributed by atoms with Gasteiger partial charge < -0.3 is 14.2 Å². The summed E-state index contributed by atoms with van der Waals surface area (Å²) in [5.74, 6) is 0. The fourth-order valence-electron chi connectivity index (χ4n) is 1.53. The maximum absolute atomic E-state index is 4.97. The SMILES string of the molecule is C1CCOC1.C1CCOC1.C1CCOC1.[Cl][Ir]([Cl])[Cl]. The summed E-state index contributed by atoms with van der Waals surface area (Å²) in [6, 6.07) is 0. The molecule has 0 spiro atoms. The maximum atomic E-state index is 4.97. The van der Waals surface area contributed by atoms with Gasteiger partial charge in [0.15, 0.2) is 0 Å². The van der Waals surface area contributed by atoms with Gasteiger partial charge in [-0.2, -0.15) is 0 Å². The summed E-state index contributed by atoms with van der Waals surface area (Å²) in [4.78, 5) is 0. The Hall–Kier alpha value is 1.40. The van der Waals surface area contributed by atoms with Crippen LogP contribution < -0.4 is 0 Å². The second-order valence-electron chi connectivity index (χ2n) is 4.10. The van der Waals surface area contributed by atoms with Gasteiger partial charge in [-0.05, 0) is 38.5 Å². The van der Waals surface area contributed by atoms with Crippen LogP contribution in [0, 0.1) is 0 Å². The van der Waals surface area contributed by atoms with Crippen LogP contribution in [0.2, 0.25) is 0 Å². The molecule has 0 aromatic rings. The zero-order valence-corrected chi connectivity index (χ0v) is 15.8. The molecule has 0 saturated carbocycles. The zero-order valence-electron chi connectivity index (χ0n) is 11.2. The average Bonchev–Trinajstić information content (AvgIpc) is 3.18. The molecule has 19 heavy (non-hydrogen) atoms. The van der Waals surface area contributed by atoms with Gasteiger partial charge in [0.25, 0.3) is 0 Å². The molecule has 0 radical (unpaired) electrons. The van der Waals surface area contributed by atoms with Crippen molar-refractivity contribution in [2.45, 2.75) is 38.5 Å². The first kappa shape index (κ1) is 20.4. The van der Waals surface area contributed by atoms with Gasteiger partial charge in [0.1, 0.15) is 0 Å². The molecule has 0 N–H and O–H groups in total. The molecule has 3 saturated heterocycles. The van der Waals surface area contributed by atoms with Gasteiger partial charge in [0.05, 0.1) is 0 Å². The van der Waals surface area contributed by atoms with Crippen molar-refractivity contribution in [3.05, 3.63) is 0 Å². The molecular weight excluding hydrogens is 491 g/mol. The van der Waals surface area contributed by atoms with Crippen molar-refractivity contribution in [2.24, 2.45) is 0 Å². The van der Waals surface area contributed by atoms with Crippen molar-refractivity contribution in [3.8, 4) is 0 Å². The third-order valence-corrected chi connectivity index (χ3v) is 2.48. The Morgan fingerprint density at radius 3 is 0.684 bits per heavy atom. The molecule has 3 aliphatic heterocycles. The number of halogens is 3. The van der Waals surface area contributed by atoms with Gasteiger partial charge in [-0.1, -0.05) is 0 Å². The normalized spacial score (nSPS) is 21.3. The predicted molar refractivity (Wildman–Crippen MR) is 77.7 cm³/mol. The van der Waals surface area contributed by atoms with E-state index in [0.717, 1.165) is 39.6 Å². The topological polar surface area (TPSA) is 27.7 Å². The summed E-state index contributed by atoms with van der Waals surface area (Å²) in [6.45, 7) is 6.00. The number of ether oxygens (including phenoxy) is 3.